The van der Waals surface area contributed by atoms with Crippen LogP contribution in [0.3, 0.4) is 0 Å². The van der Waals surface area contributed by atoms with Gasteiger partial charge in [0.2, 0.25) is 0 Å². The smallest absolute Gasteiger partial charge is 0.267 e. The van der Waals surface area contributed by atoms with Crippen LogP contribution >= 0.6 is 11.3 Å². The highest BCUT2D eigenvalue weighted by Crippen LogP contribution is 2.26. The Morgan fingerprint density at radius 2 is 2.00 bits per heavy atom. The molecule has 0 bridgehead atoms. The van der Waals surface area contributed by atoms with Crippen molar-refractivity contribution in [1.82, 2.24) is 9.88 Å². The number of nitrogens with zero attached hydrogens (tertiary/aromatic N) is 2. The number of carbonyl (C=O) groups is 1. The van der Waals surface area contributed by atoms with Crippen molar-refractivity contribution < 1.29 is 4.79 Å². The van der Waals surface area contributed by atoms with E-state index in [1.807, 2.05) is 18.7 Å². The standard InChI is InChI=1S/C14H26N4OS/c1-5-10(6-2)9-18(8-4)13(19)11-12(15)17-14(20-11)16-7-3/h10H,5-9,15H2,1-4H3,(H,16,17). The van der Waals surface area contributed by atoms with Crippen LogP contribution in [0.25, 0.3) is 0 Å². The summed E-state index contributed by atoms with van der Waals surface area (Å²) in [4.78, 5) is 19.2. The molecule has 0 aromatic carbocycles. The molecule has 5 nitrogen and oxygen atoms in total. The number of rotatable bonds is 8. The van der Waals surface area contributed by atoms with Crippen molar-refractivity contribution in [2.24, 2.45) is 5.92 Å². The van der Waals surface area contributed by atoms with Crippen LogP contribution in [0, 0.1) is 5.92 Å². The zero-order valence-corrected chi connectivity index (χ0v) is 13.7. The minimum absolute atomic E-state index is 0.00134. The molecule has 0 aliphatic heterocycles. The van der Waals surface area contributed by atoms with Crippen molar-refractivity contribution >= 4 is 28.2 Å². The largest absolute Gasteiger partial charge is 0.382 e. The van der Waals surface area contributed by atoms with E-state index in [1.54, 1.807) is 0 Å². The van der Waals surface area contributed by atoms with Crippen LogP contribution in [-0.2, 0) is 0 Å². The Morgan fingerprint density at radius 1 is 1.35 bits per heavy atom. The molecule has 1 amide bonds. The first-order valence-corrected chi connectivity index (χ1v) is 8.18. The third kappa shape index (κ3) is 4.10. The summed E-state index contributed by atoms with van der Waals surface area (Å²) in [6.07, 6.45) is 2.17. The number of amides is 1. The van der Waals surface area contributed by atoms with E-state index in [0.29, 0.717) is 28.3 Å². The van der Waals surface area contributed by atoms with Gasteiger partial charge in [0.1, 0.15) is 10.7 Å². The van der Waals surface area contributed by atoms with Gasteiger partial charge in [0.25, 0.3) is 5.91 Å². The fourth-order valence-corrected chi connectivity index (χ4v) is 2.99. The molecule has 0 aliphatic carbocycles. The van der Waals surface area contributed by atoms with Gasteiger partial charge < -0.3 is 16.0 Å². The number of nitrogen functional groups attached to an aromatic ring is 1. The highest BCUT2D eigenvalue weighted by atomic mass is 32.1. The molecule has 1 rings (SSSR count). The van der Waals surface area contributed by atoms with Crippen LogP contribution in [0.5, 0.6) is 0 Å². The molecule has 1 heterocycles. The Kier molecular flexibility index (Phi) is 6.78. The van der Waals surface area contributed by atoms with Crippen LogP contribution in [0.1, 0.15) is 50.2 Å². The molecule has 0 aliphatic rings. The number of anilines is 2. The molecule has 0 radical (unpaired) electrons. The molecule has 0 saturated carbocycles. The molecule has 0 atom stereocenters. The first kappa shape index (κ1) is 16.8. The lowest BCUT2D eigenvalue weighted by Crippen LogP contribution is -2.35. The van der Waals surface area contributed by atoms with Crippen molar-refractivity contribution in [1.29, 1.82) is 0 Å². The van der Waals surface area contributed by atoms with E-state index < -0.39 is 0 Å². The first-order valence-electron chi connectivity index (χ1n) is 7.36. The highest BCUT2D eigenvalue weighted by Gasteiger charge is 2.22. The maximum absolute atomic E-state index is 12.6. The summed E-state index contributed by atoms with van der Waals surface area (Å²) in [5.41, 5.74) is 5.87. The van der Waals surface area contributed by atoms with Crippen molar-refractivity contribution in [3.8, 4) is 0 Å². The Bertz CT molecular complexity index is 429. The molecule has 114 valence electrons. The van der Waals surface area contributed by atoms with Gasteiger partial charge in [-0.1, -0.05) is 38.0 Å². The van der Waals surface area contributed by atoms with E-state index in [0.717, 1.165) is 25.9 Å². The van der Waals surface area contributed by atoms with E-state index in [2.05, 4.69) is 24.1 Å². The predicted octanol–water partition coefficient (Wildman–Crippen LogP) is 3.06. The zero-order chi connectivity index (χ0) is 15.1. The maximum Gasteiger partial charge on any atom is 0.267 e. The molecule has 0 fully saturated rings. The fourth-order valence-electron chi connectivity index (χ4n) is 2.07. The van der Waals surface area contributed by atoms with Crippen molar-refractivity contribution in [2.45, 2.75) is 40.5 Å². The Morgan fingerprint density at radius 3 is 2.50 bits per heavy atom. The Hall–Kier alpha value is -1.30. The van der Waals surface area contributed by atoms with Gasteiger partial charge in [-0.25, -0.2) is 4.98 Å². The lowest BCUT2D eigenvalue weighted by atomic mass is 10.0. The summed E-state index contributed by atoms with van der Waals surface area (Å²) in [6, 6.07) is 0. The number of hydrogen-bond donors (Lipinski definition) is 2. The average molecular weight is 298 g/mol. The number of thiazole rings is 1. The van der Waals surface area contributed by atoms with Gasteiger partial charge in [-0.05, 0) is 19.8 Å². The molecular weight excluding hydrogens is 272 g/mol. The maximum atomic E-state index is 12.6. The minimum Gasteiger partial charge on any atom is -0.382 e. The van der Waals surface area contributed by atoms with Gasteiger partial charge in [0.05, 0.1) is 0 Å². The topological polar surface area (TPSA) is 71.2 Å². The molecule has 0 spiro atoms. The summed E-state index contributed by atoms with van der Waals surface area (Å²) in [7, 11) is 0. The van der Waals surface area contributed by atoms with E-state index in [4.69, 9.17) is 5.73 Å². The van der Waals surface area contributed by atoms with E-state index >= 15 is 0 Å². The third-order valence-electron chi connectivity index (χ3n) is 3.48. The average Bonchev–Trinajstić information content (AvgIpc) is 2.81. The SMILES string of the molecule is CCNc1nc(N)c(C(=O)N(CC)CC(CC)CC)s1. The Balaban J connectivity index is 2.85. The highest BCUT2D eigenvalue weighted by molar-refractivity contribution is 7.18. The van der Waals surface area contributed by atoms with Gasteiger partial charge in [0, 0.05) is 19.6 Å². The van der Waals surface area contributed by atoms with Crippen LogP contribution in [0.4, 0.5) is 10.9 Å². The first-order chi connectivity index (χ1) is 9.57. The van der Waals surface area contributed by atoms with Gasteiger partial charge in [-0.3, -0.25) is 4.79 Å². The van der Waals surface area contributed by atoms with Crippen molar-refractivity contribution in [3.05, 3.63) is 4.88 Å². The van der Waals surface area contributed by atoms with Crippen molar-refractivity contribution in [2.75, 3.05) is 30.7 Å². The molecule has 1 aromatic rings. The molecular formula is C14H26N4OS. The summed E-state index contributed by atoms with van der Waals surface area (Å²) < 4.78 is 0. The van der Waals surface area contributed by atoms with Gasteiger partial charge in [-0.15, -0.1) is 0 Å². The molecule has 3 N–H and O–H groups in total. The normalized spacial score (nSPS) is 10.8. The van der Waals surface area contributed by atoms with Crippen LogP contribution in [-0.4, -0.2) is 35.4 Å². The minimum atomic E-state index is -0.00134. The summed E-state index contributed by atoms with van der Waals surface area (Å²) in [5, 5.41) is 3.82. The number of aromatic nitrogens is 1. The third-order valence-corrected chi connectivity index (χ3v) is 4.49. The summed E-state index contributed by atoms with van der Waals surface area (Å²) in [6.45, 7) is 10.6. The lowest BCUT2D eigenvalue weighted by molar-refractivity contribution is 0.0740. The van der Waals surface area contributed by atoms with Crippen molar-refractivity contribution in [3.63, 3.8) is 0 Å². The molecule has 20 heavy (non-hydrogen) atoms. The molecule has 1 aromatic heterocycles. The van der Waals surface area contributed by atoms with Gasteiger partial charge in [-0.2, -0.15) is 0 Å². The number of nitrogens with one attached hydrogen (secondary N) is 1. The zero-order valence-electron chi connectivity index (χ0n) is 12.9. The van der Waals surface area contributed by atoms with E-state index in [9.17, 15) is 4.79 Å². The summed E-state index contributed by atoms with van der Waals surface area (Å²) >= 11 is 1.34. The Labute approximate surface area is 125 Å². The molecule has 6 heteroatoms. The van der Waals surface area contributed by atoms with E-state index in [1.165, 1.54) is 11.3 Å². The number of carbonyl (C=O) groups excluding carboxylic acids is 1. The second-order valence-corrected chi connectivity index (χ2v) is 5.79. The van der Waals surface area contributed by atoms with Crippen LogP contribution in [0.15, 0.2) is 0 Å². The number of nitrogens with two attached hydrogens (primary N) is 1. The monoisotopic (exact) mass is 298 g/mol. The quantitative estimate of drug-likeness (QED) is 0.774. The molecule has 0 saturated heterocycles. The second kappa shape index (κ2) is 8.09. The predicted molar refractivity (Wildman–Crippen MR) is 86.3 cm³/mol. The molecule has 0 unspecified atom stereocenters. The van der Waals surface area contributed by atoms with Crippen LogP contribution in [0.2, 0.25) is 0 Å². The second-order valence-electron chi connectivity index (χ2n) is 4.79. The number of hydrogen-bond acceptors (Lipinski definition) is 5. The lowest BCUT2D eigenvalue weighted by Gasteiger charge is -2.25. The van der Waals surface area contributed by atoms with Crippen LogP contribution < -0.4 is 11.1 Å². The van der Waals surface area contributed by atoms with E-state index in [-0.39, 0.29) is 5.91 Å². The van der Waals surface area contributed by atoms with Gasteiger partial charge >= 0.3 is 0 Å². The van der Waals surface area contributed by atoms with Gasteiger partial charge in [0.15, 0.2) is 5.13 Å². The fraction of sp³-hybridized carbons (Fsp3) is 0.714. The summed E-state index contributed by atoms with van der Waals surface area (Å²) in [5.74, 6) is 0.874.